The Labute approximate surface area is 118 Å². The van der Waals surface area contributed by atoms with Crippen LogP contribution in [0.2, 0.25) is 0 Å². The van der Waals surface area contributed by atoms with E-state index in [4.69, 9.17) is 0 Å². The fourth-order valence-corrected chi connectivity index (χ4v) is 2.03. The van der Waals surface area contributed by atoms with Crippen LogP contribution in [0.5, 0.6) is 0 Å². The zero-order chi connectivity index (χ0) is 15.3. The summed E-state index contributed by atoms with van der Waals surface area (Å²) < 4.78 is 0. The molecule has 0 aliphatic heterocycles. The van der Waals surface area contributed by atoms with Gasteiger partial charge in [0.05, 0.1) is 4.92 Å². The average Bonchev–Trinajstić information content (AvgIpc) is 2.43. The highest BCUT2D eigenvalue weighted by Gasteiger charge is 2.19. The van der Waals surface area contributed by atoms with Crippen molar-refractivity contribution in [3.8, 4) is 0 Å². The Hall–Kier alpha value is -2.11. The molecule has 0 heterocycles. The highest BCUT2D eigenvalue weighted by molar-refractivity contribution is 5.95. The highest BCUT2D eigenvalue weighted by atomic mass is 16.6. The molecule has 0 aromatic heterocycles. The van der Waals surface area contributed by atoms with Gasteiger partial charge in [-0.1, -0.05) is 20.8 Å². The van der Waals surface area contributed by atoms with Crippen LogP contribution in [-0.2, 0) is 0 Å². The smallest absolute Gasteiger partial charge is 0.293 e. The van der Waals surface area contributed by atoms with E-state index < -0.39 is 4.92 Å². The lowest BCUT2D eigenvalue weighted by Gasteiger charge is -2.20. The molecule has 0 radical (unpaired) electrons. The van der Waals surface area contributed by atoms with Crippen molar-refractivity contribution in [3.05, 3.63) is 33.9 Å². The number of nitrogens with one attached hydrogen (secondary N) is 2. The molecule has 110 valence electrons. The van der Waals surface area contributed by atoms with E-state index in [9.17, 15) is 14.9 Å². The Morgan fingerprint density at radius 1 is 1.40 bits per heavy atom. The number of nitrogens with zero attached hydrogens (tertiary/aromatic N) is 1. The van der Waals surface area contributed by atoms with Gasteiger partial charge in [0.1, 0.15) is 5.69 Å². The molecule has 0 saturated carbocycles. The molecule has 1 rings (SSSR count). The van der Waals surface area contributed by atoms with Crippen molar-refractivity contribution in [3.63, 3.8) is 0 Å². The van der Waals surface area contributed by atoms with Gasteiger partial charge in [0.25, 0.3) is 11.6 Å². The van der Waals surface area contributed by atoms with Crippen LogP contribution in [0.25, 0.3) is 0 Å². The fourth-order valence-electron chi connectivity index (χ4n) is 2.03. The second-order valence-corrected chi connectivity index (χ2v) is 4.97. The molecule has 0 spiro atoms. The third kappa shape index (κ3) is 3.69. The second-order valence-electron chi connectivity index (χ2n) is 4.97. The molecule has 0 bridgehead atoms. The topological polar surface area (TPSA) is 84.3 Å². The molecule has 1 aromatic carbocycles. The summed E-state index contributed by atoms with van der Waals surface area (Å²) in [6.07, 6.45) is 0.820. The third-order valence-corrected chi connectivity index (χ3v) is 3.29. The van der Waals surface area contributed by atoms with E-state index in [1.165, 1.54) is 6.07 Å². The van der Waals surface area contributed by atoms with E-state index in [1.807, 2.05) is 20.8 Å². The number of amides is 1. The summed E-state index contributed by atoms with van der Waals surface area (Å²) >= 11 is 0. The number of rotatable bonds is 6. The van der Waals surface area contributed by atoms with Gasteiger partial charge in [-0.15, -0.1) is 0 Å². The summed E-state index contributed by atoms with van der Waals surface area (Å²) in [5.41, 5.74) is 0.593. The average molecular weight is 279 g/mol. The molecule has 0 saturated heterocycles. The predicted molar refractivity (Wildman–Crippen MR) is 79.0 cm³/mol. The summed E-state index contributed by atoms with van der Waals surface area (Å²) in [4.78, 5) is 22.6. The Kier molecular flexibility index (Phi) is 5.49. The summed E-state index contributed by atoms with van der Waals surface area (Å²) in [5.74, 6) is 0.0341. The standard InChI is InChI=1S/C14H21N3O3/c1-5-11(9(2)3)16-14(18)10-6-7-12(15-4)13(8-10)17(19)20/h6-9,11,15H,5H2,1-4H3,(H,16,18). The van der Waals surface area contributed by atoms with Crippen LogP contribution >= 0.6 is 0 Å². The summed E-state index contributed by atoms with van der Waals surface area (Å²) in [5, 5.41) is 16.6. The molecule has 1 unspecified atom stereocenters. The lowest BCUT2D eigenvalue weighted by molar-refractivity contribution is -0.384. The van der Waals surface area contributed by atoms with Crippen molar-refractivity contribution < 1.29 is 9.72 Å². The normalized spacial score (nSPS) is 12.1. The monoisotopic (exact) mass is 279 g/mol. The van der Waals surface area contributed by atoms with Gasteiger partial charge in [-0.2, -0.15) is 0 Å². The van der Waals surface area contributed by atoms with Crippen molar-refractivity contribution in [1.29, 1.82) is 0 Å². The Morgan fingerprint density at radius 3 is 2.50 bits per heavy atom. The number of nitro groups is 1. The van der Waals surface area contributed by atoms with Crippen LogP contribution in [0.15, 0.2) is 18.2 Å². The molecule has 2 N–H and O–H groups in total. The summed E-state index contributed by atoms with van der Waals surface area (Å²) in [6, 6.07) is 4.49. The molecule has 0 fully saturated rings. The molecule has 20 heavy (non-hydrogen) atoms. The van der Waals surface area contributed by atoms with E-state index in [2.05, 4.69) is 10.6 Å². The van der Waals surface area contributed by atoms with Gasteiger partial charge >= 0.3 is 0 Å². The Bertz CT molecular complexity index is 500. The molecule has 1 amide bonds. The molecule has 6 heteroatoms. The minimum Gasteiger partial charge on any atom is -0.383 e. The molecular formula is C14H21N3O3. The first-order valence-electron chi connectivity index (χ1n) is 6.67. The van der Waals surface area contributed by atoms with Gasteiger partial charge in [-0.05, 0) is 24.5 Å². The van der Waals surface area contributed by atoms with Crippen molar-refractivity contribution in [2.24, 2.45) is 5.92 Å². The summed E-state index contributed by atoms with van der Waals surface area (Å²) in [7, 11) is 1.61. The number of nitro benzene ring substituents is 1. The molecule has 0 aliphatic rings. The first-order valence-corrected chi connectivity index (χ1v) is 6.67. The van der Waals surface area contributed by atoms with Crippen molar-refractivity contribution in [2.75, 3.05) is 12.4 Å². The number of anilines is 1. The van der Waals surface area contributed by atoms with Crippen LogP contribution < -0.4 is 10.6 Å². The van der Waals surface area contributed by atoms with Gasteiger partial charge in [-0.3, -0.25) is 14.9 Å². The first kappa shape index (κ1) is 15.9. The van der Waals surface area contributed by atoms with Crippen molar-refractivity contribution in [1.82, 2.24) is 5.32 Å². The number of carbonyl (C=O) groups excluding carboxylic acids is 1. The maximum Gasteiger partial charge on any atom is 0.293 e. The van der Waals surface area contributed by atoms with Gasteiger partial charge in [0.2, 0.25) is 0 Å². The lowest BCUT2D eigenvalue weighted by Crippen LogP contribution is -2.38. The van der Waals surface area contributed by atoms with E-state index in [1.54, 1.807) is 19.2 Å². The predicted octanol–water partition coefficient (Wildman–Crippen LogP) is 2.80. The zero-order valence-electron chi connectivity index (χ0n) is 12.3. The number of hydrogen-bond donors (Lipinski definition) is 2. The molecule has 0 aliphatic carbocycles. The minimum absolute atomic E-state index is 0.0607. The highest BCUT2D eigenvalue weighted by Crippen LogP contribution is 2.25. The molecule has 1 atom stereocenters. The molecular weight excluding hydrogens is 258 g/mol. The van der Waals surface area contributed by atoms with Crippen molar-refractivity contribution in [2.45, 2.75) is 33.2 Å². The van der Waals surface area contributed by atoms with Crippen LogP contribution in [0.1, 0.15) is 37.6 Å². The largest absolute Gasteiger partial charge is 0.383 e. The van der Waals surface area contributed by atoms with Gasteiger partial charge < -0.3 is 10.6 Å². The SMILES string of the molecule is CCC(NC(=O)c1ccc(NC)c([N+](=O)[O-])c1)C(C)C. The van der Waals surface area contributed by atoms with Gasteiger partial charge in [0.15, 0.2) is 0 Å². The summed E-state index contributed by atoms with van der Waals surface area (Å²) in [6.45, 7) is 6.06. The van der Waals surface area contributed by atoms with E-state index in [0.717, 1.165) is 6.42 Å². The van der Waals surface area contributed by atoms with Crippen molar-refractivity contribution >= 4 is 17.3 Å². The molecule has 6 nitrogen and oxygen atoms in total. The second kappa shape index (κ2) is 6.88. The van der Waals surface area contributed by atoms with Crippen LogP contribution in [0.3, 0.4) is 0 Å². The molecule has 1 aromatic rings. The Balaban J connectivity index is 2.99. The lowest BCUT2D eigenvalue weighted by atomic mass is 10.0. The fraction of sp³-hybridized carbons (Fsp3) is 0.500. The van der Waals surface area contributed by atoms with Gasteiger partial charge in [0, 0.05) is 24.7 Å². The van der Waals surface area contributed by atoms with Crippen LogP contribution in [0, 0.1) is 16.0 Å². The maximum atomic E-state index is 12.1. The third-order valence-electron chi connectivity index (χ3n) is 3.29. The zero-order valence-corrected chi connectivity index (χ0v) is 12.3. The van der Waals surface area contributed by atoms with Crippen LogP contribution in [0.4, 0.5) is 11.4 Å². The maximum absolute atomic E-state index is 12.1. The number of benzene rings is 1. The Morgan fingerprint density at radius 2 is 2.05 bits per heavy atom. The van der Waals surface area contributed by atoms with Gasteiger partial charge in [-0.25, -0.2) is 0 Å². The minimum atomic E-state index is -0.498. The quantitative estimate of drug-likeness (QED) is 0.619. The van der Waals surface area contributed by atoms with E-state index in [-0.39, 0.29) is 17.6 Å². The number of hydrogen-bond acceptors (Lipinski definition) is 4. The first-order chi connectivity index (χ1) is 9.40. The van der Waals surface area contributed by atoms with Crippen LogP contribution in [-0.4, -0.2) is 23.9 Å². The number of carbonyl (C=O) groups is 1. The van der Waals surface area contributed by atoms with E-state index in [0.29, 0.717) is 17.2 Å². The van der Waals surface area contributed by atoms with E-state index >= 15 is 0 Å².